The van der Waals surface area contributed by atoms with E-state index in [0.717, 1.165) is 89.3 Å². The summed E-state index contributed by atoms with van der Waals surface area (Å²) in [5.74, 6) is 0.0657. The van der Waals surface area contributed by atoms with Gasteiger partial charge in [0.1, 0.15) is 6.54 Å². The number of carbonyl (C=O) groups is 1. The zero-order valence-electron chi connectivity index (χ0n) is 31.5. The molecule has 2 aromatic heterocycles. The van der Waals surface area contributed by atoms with Crippen molar-refractivity contribution < 1.29 is 4.79 Å². The number of hydrogen-bond acceptors (Lipinski definition) is 3. The van der Waals surface area contributed by atoms with Gasteiger partial charge in [-0.05, 0) is 78.6 Å². The van der Waals surface area contributed by atoms with Crippen LogP contribution >= 0.6 is 0 Å². The first-order valence-corrected chi connectivity index (χ1v) is 19.3. The Morgan fingerprint density at radius 3 is 1.52 bits per heavy atom. The summed E-state index contributed by atoms with van der Waals surface area (Å²) in [7, 11) is 0. The zero-order chi connectivity index (χ0) is 38.0. The number of aromatic amines is 1. The molecule has 0 fully saturated rings. The van der Waals surface area contributed by atoms with E-state index in [-0.39, 0.29) is 12.5 Å². The van der Waals surface area contributed by atoms with Gasteiger partial charge in [0.15, 0.2) is 0 Å². The van der Waals surface area contributed by atoms with Crippen molar-refractivity contribution >= 4 is 39.6 Å². The Morgan fingerprint density at radius 1 is 0.536 bits per heavy atom. The van der Waals surface area contributed by atoms with Crippen LogP contribution in [0.1, 0.15) is 47.4 Å². The van der Waals surface area contributed by atoms with E-state index in [1.807, 2.05) is 43.0 Å². The number of nitrogens with one attached hydrogen (secondary N) is 1. The first-order chi connectivity index (χ1) is 27.6. The number of carbonyl (C=O) groups excluding carboxylic acids is 1. The van der Waals surface area contributed by atoms with Gasteiger partial charge in [0.05, 0.1) is 28.5 Å². The Balaban J connectivity index is 1.43. The van der Waals surface area contributed by atoms with Crippen LogP contribution in [0, 0.1) is 0 Å². The fraction of sp³-hybridized carbons (Fsp3) is 0.100. The van der Waals surface area contributed by atoms with Gasteiger partial charge in [-0.1, -0.05) is 121 Å². The van der Waals surface area contributed by atoms with Gasteiger partial charge < -0.3 is 14.5 Å². The molecule has 4 aromatic carbocycles. The number of amides is 1. The molecule has 0 spiro atoms. The van der Waals surface area contributed by atoms with E-state index in [9.17, 15) is 4.79 Å². The van der Waals surface area contributed by atoms with Crippen LogP contribution < -0.4 is 10.7 Å². The van der Waals surface area contributed by atoms with Crippen LogP contribution in [-0.2, 0) is 11.3 Å². The minimum atomic E-state index is 0.0657. The van der Waals surface area contributed by atoms with Crippen LogP contribution in [0.4, 0.5) is 0 Å². The molecule has 0 unspecified atom stereocenters. The molecule has 8 bridgehead atoms. The van der Waals surface area contributed by atoms with Crippen molar-refractivity contribution in [3.63, 3.8) is 0 Å². The number of aliphatic imine (C=N–C) groups is 2. The van der Waals surface area contributed by atoms with Crippen molar-refractivity contribution in [3.05, 3.63) is 226 Å². The molecular formula is C50H41N5O. The molecule has 0 atom stereocenters. The van der Waals surface area contributed by atoms with Crippen molar-refractivity contribution in [2.75, 3.05) is 13.1 Å². The predicted octanol–water partition coefficient (Wildman–Crippen LogP) is 8.34. The van der Waals surface area contributed by atoms with Crippen molar-refractivity contribution in [2.45, 2.75) is 20.4 Å². The highest BCUT2D eigenvalue weighted by atomic mass is 16.2. The second-order valence-corrected chi connectivity index (χ2v) is 14.0. The number of likely N-dealkylation sites (N-methyl/N-ethyl adjacent to an activating group) is 1. The number of aromatic nitrogens is 2. The maximum absolute atomic E-state index is 14.0. The maximum atomic E-state index is 14.0. The van der Waals surface area contributed by atoms with E-state index in [1.54, 1.807) is 0 Å². The van der Waals surface area contributed by atoms with Crippen molar-refractivity contribution in [1.29, 1.82) is 0 Å². The van der Waals surface area contributed by atoms with Crippen molar-refractivity contribution in [2.24, 2.45) is 9.98 Å². The quantitative estimate of drug-likeness (QED) is 0.168. The first kappa shape index (κ1) is 34.7. The molecule has 3 aliphatic rings. The lowest BCUT2D eigenvalue weighted by atomic mass is 9.97. The van der Waals surface area contributed by atoms with Gasteiger partial charge in [0.25, 0.3) is 0 Å². The molecule has 1 N–H and O–H groups in total. The van der Waals surface area contributed by atoms with Crippen molar-refractivity contribution in [3.8, 4) is 0 Å². The lowest BCUT2D eigenvalue weighted by molar-refractivity contribution is -0.131. The van der Waals surface area contributed by atoms with Crippen LogP contribution in [0.5, 0.6) is 0 Å². The number of H-pyrrole nitrogens is 1. The summed E-state index contributed by atoms with van der Waals surface area (Å²) in [6.07, 6.45) is 10.6. The number of fused-ring (bicyclic) bond motifs is 6. The lowest BCUT2D eigenvalue weighted by Crippen LogP contribution is -2.33. The van der Waals surface area contributed by atoms with E-state index in [2.05, 4.69) is 155 Å². The lowest BCUT2D eigenvalue weighted by Gasteiger charge is -2.20. The van der Waals surface area contributed by atoms with E-state index in [1.165, 1.54) is 0 Å². The van der Waals surface area contributed by atoms with Gasteiger partial charge in [-0.15, -0.1) is 0 Å². The van der Waals surface area contributed by atoms with Crippen LogP contribution in [0.3, 0.4) is 0 Å². The molecule has 5 heterocycles. The Kier molecular flexibility index (Phi) is 9.29. The SMILES string of the molecule is CCN(CC)C(=O)Cn1cc2cc1C(c1ccccc1)=C1C=CC(=N1)C(c1ccccc1)=C1C=CC(=N1)C(c1ccccc1)=c1ccc([nH]1)=C2c1ccccc1. The molecule has 3 aliphatic heterocycles. The maximum Gasteiger partial charge on any atom is 0.242 e. The summed E-state index contributed by atoms with van der Waals surface area (Å²) >= 11 is 0. The monoisotopic (exact) mass is 727 g/mol. The topological polar surface area (TPSA) is 65.8 Å². The third-order valence-corrected chi connectivity index (χ3v) is 10.6. The Labute approximate surface area is 326 Å². The van der Waals surface area contributed by atoms with Gasteiger partial charge in [-0.2, -0.15) is 0 Å². The standard InChI is InChI=1S/C50H41N5O/c1-3-54(4-2)46(56)33-55-32-38-31-45(55)50(37-23-15-8-16-24-37)44-30-29-43(53-44)49(36-21-13-7-14-22-36)42-28-27-41(52-42)48(35-19-11-6-12-20-35)40-26-25-39(51-40)47(38)34-17-9-5-10-18-34/h5-32,51H,3-4,33H2,1-2H3. The molecule has 0 radical (unpaired) electrons. The molecule has 272 valence electrons. The minimum Gasteiger partial charge on any atom is -0.354 e. The summed E-state index contributed by atoms with van der Waals surface area (Å²) < 4.78 is 2.12. The summed E-state index contributed by atoms with van der Waals surface area (Å²) in [5, 5.41) is 1.92. The van der Waals surface area contributed by atoms with Crippen molar-refractivity contribution in [1.82, 2.24) is 14.5 Å². The number of benzene rings is 4. The van der Waals surface area contributed by atoms with E-state index >= 15 is 0 Å². The van der Waals surface area contributed by atoms with Gasteiger partial charge in [-0.25, -0.2) is 9.98 Å². The van der Waals surface area contributed by atoms with Gasteiger partial charge >= 0.3 is 0 Å². The van der Waals surface area contributed by atoms with Gasteiger partial charge in [0, 0.05) is 57.8 Å². The molecule has 9 rings (SSSR count). The number of hydrogen-bond donors (Lipinski definition) is 1. The van der Waals surface area contributed by atoms with Crippen LogP contribution in [0.15, 0.2) is 191 Å². The van der Waals surface area contributed by atoms with Crippen LogP contribution in [0.25, 0.3) is 22.3 Å². The molecule has 6 nitrogen and oxygen atoms in total. The summed E-state index contributed by atoms with van der Waals surface area (Å²) in [5.41, 5.74) is 13.4. The highest BCUT2D eigenvalue weighted by Gasteiger charge is 2.26. The Hall–Kier alpha value is -7.05. The molecule has 0 saturated heterocycles. The highest BCUT2D eigenvalue weighted by molar-refractivity contribution is 6.35. The predicted molar refractivity (Wildman–Crippen MR) is 228 cm³/mol. The fourth-order valence-corrected chi connectivity index (χ4v) is 7.97. The average Bonchev–Trinajstić information content (AvgIpc) is 4.08. The third kappa shape index (κ3) is 6.45. The number of nitrogens with zero attached hydrogens (tertiary/aromatic N) is 4. The highest BCUT2D eigenvalue weighted by Crippen LogP contribution is 2.37. The summed E-state index contributed by atoms with van der Waals surface area (Å²) in [6.45, 7) is 5.53. The molecular weight excluding hydrogens is 687 g/mol. The minimum absolute atomic E-state index is 0.0657. The van der Waals surface area contributed by atoms with Crippen LogP contribution in [0.2, 0.25) is 0 Å². The Bertz CT molecular complexity index is 2770. The van der Waals surface area contributed by atoms with E-state index in [0.29, 0.717) is 13.1 Å². The number of rotatable bonds is 8. The smallest absolute Gasteiger partial charge is 0.242 e. The van der Waals surface area contributed by atoms with Gasteiger partial charge in [-0.3, -0.25) is 4.79 Å². The zero-order valence-corrected chi connectivity index (χ0v) is 31.5. The molecule has 1 amide bonds. The molecule has 6 heteroatoms. The fourth-order valence-electron chi connectivity index (χ4n) is 7.97. The molecule has 0 aliphatic carbocycles. The Morgan fingerprint density at radius 2 is 0.982 bits per heavy atom. The average molecular weight is 728 g/mol. The summed E-state index contributed by atoms with van der Waals surface area (Å²) in [6, 6.07) is 48.2. The van der Waals surface area contributed by atoms with E-state index < -0.39 is 0 Å². The third-order valence-electron chi connectivity index (χ3n) is 10.6. The second kappa shape index (κ2) is 15.0. The molecule has 0 saturated carbocycles. The largest absolute Gasteiger partial charge is 0.354 e. The normalized spacial score (nSPS) is 14.8. The molecule has 56 heavy (non-hydrogen) atoms. The first-order valence-electron chi connectivity index (χ1n) is 19.3. The van der Waals surface area contributed by atoms with Gasteiger partial charge in [0.2, 0.25) is 5.91 Å². The summed E-state index contributed by atoms with van der Waals surface area (Å²) in [4.78, 5) is 30.5. The second-order valence-electron chi connectivity index (χ2n) is 14.0. The molecule has 6 aromatic rings. The van der Waals surface area contributed by atoms with Crippen LogP contribution in [-0.4, -0.2) is 44.9 Å². The van der Waals surface area contributed by atoms with E-state index in [4.69, 9.17) is 9.98 Å². The number of allylic oxidation sites excluding steroid dienone is 5.